The second kappa shape index (κ2) is 5.28. The molecule has 90 valence electrons. The molecule has 3 nitrogen and oxygen atoms in total. The Hall–Kier alpha value is -2.41. The number of benzene rings is 1. The molecule has 4 heteroatoms. The number of pyridine rings is 1. The van der Waals surface area contributed by atoms with E-state index in [0.29, 0.717) is 17.9 Å². The zero-order chi connectivity index (χ0) is 13.0. The van der Waals surface area contributed by atoms with Crippen LogP contribution in [0.1, 0.15) is 11.1 Å². The average molecular weight is 241 g/mol. The van der Waals surface area contributed by atoms with Gasteiger partial charge >= 0.3 is 0 Å². The Labute approximate surface area is 105 Å². The van der Waals surface area contributed by atoms with Crippen LogP contribution in [0.2, 0.25) is 0 Å². The molecular weight excluding hydrogens is 229 g/mol. The molecule has 1 heterocycles. The number of hydrogen-bond acceptors (Lipinski definition) is 3. The molecule has 0 atom stereocenters. The molecule has 0 saturated heterocycles. The molecule has 0 N–H and O–H groups in total. The minimum absolute atomic E-state index is 0.262. The molecule has 18 heavy (non-hydrogen) atoms. The third kappa shape index (κ3) is 2.64. The van der Waals surface area contributed by atoms with Crippen LogP contribution in [0.15, 0.2) is 42.6 Å². The van der Waals surface area contributed by atoms with Gasteiger partial charge in [0.25, 0.3) is 0 Å². The van der Waals surface area contributed by atoms with Crippen LogP contribution in [-0.4, -0.2) is 12.0 Å². The van der Waals surface area contributed by atoms with Gasteiger partial charge < -0.3 is 4.90 Å². The van der Waals surface area contributed by atoms with Gasteiger partial charge in [-0.25, -0.2) is 9.37 Å². The van der Waals surface area contributed by atoms with Crippen molar-refractivity contribution in [2.75, 3.05) is 11.9 Å². The second-order valence-electron chi connectivity index (χ2n) is 3.97. The summed E-state index contributed by atoms with van der Waals surface area (Å²) in [6.45, 7) is 0.503. The Morgan fingerprint density at radius 1 is 1.33 bits per heavy atom. The van der Waals surface area contributed by atoms with E-state index in [4.69, 9.17) is 5.26 Å². The Kier molecular flexibility index (Phi) is 3.54. The van der Waals surface area contributed by atoms with E-state index in [-0.39, 0.29) is 5.82 Å². The molecule has 2 rings (SSSR count). The lowest BCUT2D eigenvalue weighted by atomic mass is 10.2. The fourth-order valence-corrected chi connectivity index (χ4v) is 1.77. The minimum Gasteiger partial charge on any atom is -0.354 e. The zero-order valence-electron chi connectivity index (χ0n) is 9.97. The third-order valence-electron chi connectivity index (χ3n) is 2.58. The van der Waals surface area contributed by atoms with Gasteiger partial charge in [0, 0.05) is 19.8 Å². The van der Waals surface area contributed by atoms with E-state index in [0.717, 1.165) is 5.56 Å². The van der Waals surface area contributed by atoms with Gasteiger partial charge in [0.1, 0.15) is 17.7 Å². The molecular formula is C14H12FN3. The van der Waals surface area contributed by atoms with Gasteiger partial charge in [-0.15, -0.1) is 0 Å². The molecule has 0 bridgehead atoms. The van der Waals surface area contributed by atoms with Crippen LogP contribution in [0.4, 0.5) is 10.2 Å². The van der Waals surface area contributed by atoms with E-state index in [2.05, 4.69) is 11.1 Å². The van der Waals surface area contributed by atoms with Gasteiger partial charge in [-0.2, -0.15) is 5.26 Å². The number of aromatic nitrogens is 1. The number of hydrogen-bond donors (Lipinski definition) is 0. The van der Waals surface area contributed by atoms with Crippen molar-refractivity contribution in [2.24, 2.45) is 0 Å². The van der Waals surface area contributed by atoms with Crippen LogP contribution in [0, 0.1) is 17.1 Å². The SMILES string of the molecule is CN(Cc1cccc(F)c1)c1ncccc1C#N. The van der Waals surface area contributed by atoms with Crippen LogP contribution >= 0.6 is 0 Å². The first-order valence-corrected chi connectivity index (χ1v) is 5.51. The number of rotatable bonds is 3. The van der Waals surface area contributed by atoms with Crippen molar-refractivity contribution in [2.45, 2.75) is 6.54 Å². The van der Waals surface area contributed by atoms with Crippen LogP contribution in [0.25, 0.3) is 0 Å². The topological polar surface area (TPSA) is 39.9 Å². The third-order valence-corrected chi connectivity index (χ3v) is 2.58. The molecule has 0 amide bonds. The van der Waals surface area contributed by atoms with Crippen molar-refractivity contribution in [1.82, 2.24) is 4.98 Å². The average Bonchev–Trinajstić information content (AvgIpc) is 2.38. The van der Waals surface area contributed by atoms with Gasteiger partial charge in [-0.05, 0) is 29.8 Å². The Bertz CT molecular complexity index is 590. The molecule has 0 fully saturated rings. The first-order valence-electron chi connectivity index (χ1n) is 5.51. The highest BCUT2D eigenvalue weighted by molar-refractivity contribution is 5.53. The molecule has 0 aliphatic rings. The van der Waals surface area contributed by atoms with Crippen molar-refractivity contribution in [1.29, 1.82) is 5.26 Å². The minimum atomic E-state index is -0.262. The van der Waals surface area contributed by atoms with Crippen LogP contribution in [-0.2, 0) is 6.54 Å². The lowest BCUT2D eigenvalue weighted by Crippen LogP contribution is -2.18. The molecule has 1 aromatic carbocycles. The normalized spacial score (nSPS) is 9.83. The molecule has 0 aliphatic heterocycles. The number of halogens is 1. The summed E-state index contributed by atoms with van der Waals surface area (Å²) < 4.78 is 13.1. The first kappa shape index (κ1) is 12.1. The van der Waals surface area contributed by atoms with E-state index in [1.165, 1.54) is 12.1 Å². The van der Waals surface area contributed by atoms with Gasteiger partial charge in [-0.3, -0.25) is 0 Å². The highest BCUT2D eigenvalue weighted by atomic mass is 19.1. The molecule has 0 aliphatic carbocycles. The molecule has 2 aromatic rings. The maximum Gasteiger partial charge on any atom is 0.146 e. The van der Waals surface area contributed by atoms with E-state index >= 15 is 0 Å². The zero-order valence-corrected chi connectivity index (χ0v) is 9.97. The van der Waals surface area contributed by atoms with Crippen molar-refractivity contribution in [3.8, 4) is 6.07 Å². The summed E-state index contributed by atoms with van der Waals surface area (Å²) in [6, 6.07) is 11.9. The van der Waals surface area contributed by atoms with E-state index in [1.807, 2.05) is 18.0 Å². The van der Waals surface area contributed by atoms with Gasteiger partial charge in [0.15, 0.2) is 0 Å². The second-order valence-corrected chi connectivity index (χ2v) is 3.97. The summed E-state index contributed by atoms with van der Waals surface area (Å²) in [5.74, 6) is 0.340. The number of nitrogens with zero attached hydrogens (tertiary/aromatic N) is 3. The molecule has 0 unspecified atom stereocenters. The molecule has 0 radical (unpaired) electrons. The Morgan fingerprint density at radius 3 is 2.89 bits per heavy atom. The van der Waals surface area contributed by atoms with E-state index in [1.54, 1.807) is 24.4 Å². The largest absolute Gasteiger partial charge is 0.354 e. The van der Waals surface area contributed by atoms with Crippen molar-refractivity contribution in [3.05, 3.63) is 59.5 Å². The van der Waals surface area contributed by atoms with Crippen molar-refractivity contribution >= 4 is 5.82 Å². The predicted molar refractivity (Wildman–Crippen MR) is 67.5 cm³/mol. The van der Waals surface area contributed by atoms with Crippen LogP contribution in [0.3, 0.4) is 0 Å². The van der Waals surface area contributed by atoms with Crippen molar-refractivity contribution in [3.63, 3.8) is 0 Å². The fraction of sp³-hybridized carbons (Fsp3) is 0.143. The summed E-state index contributed by atoms with van der Waals surface area (Å²) >= 11 is 0. The summed E-state index contributed by atoms with van der Waals surface area (Å²) in [5, 5.41) is 9.00. The van der Waals surface area contributed by atoms with E-state index < -0.39 is 0 Å². The molecule has 0 saturated carbocycles. The smallest absolute Gasteiger partial charge is 0.146 e. The lowest BCUT2D eigenvalue weighted by molar-refractivity contribution is 0.625. The van der Waals surface area contributed by atoms with Crippen LogP contribution in [0.5, 0.6) is 0 Å². The Morgan fingerprint density at radius 2 is 2.17 bits per heavy atom. The van der Waals surface area contributed by atoms with E-state index in [9.17, 15) is 4.39 Å². The summed E-state index contributed by atoms with van der Waals surface area (Å²) in [5.41, 5.74) is 1.35. The standard InChI is InChI=1S/C14H12FN3/c1-18(10-11-4-2-6-13(15)8-11)14-12(9-16)5-3-7-17-14/h2-8H,10H2,1H3. The van der Waals surface area contributed by atoms with Crippen LogP contribution < -0.4 is 4.90 Å². The fourth-order valence-electron chi connectivity index (χ4n) is 1.77. The first-order chi connectivity index (χ1) is 8.70. The number of anilines is 1. The predicted octanol–water partition coefficient (Wildman–Crippen LogP) is 2.73. The lowest BCUT2D eigenvalue weighted by Gasteiger charge is -2.19. The summed E-state index contributed by atoms with van der Waals surface area (Å²) in [6.07, 6.45) is 1.64. The highest BCUT2D eigenvalue weighted by Crippen LogP contribution is 2.17. The van der Waals surface area contributed by atoms with Gasteiger partial charge in [-0.1, -0.05) is 12.1 Å². The maximum atomic E-state index is 13.1. The highest BCUT2D eigenvalue weighted by Gasteiger charge is 2.08. The summed E-state index contributed by atoms with van der Waals surface area (Å²) in [4.78, 5) is 6.00. The maximum absolute atomic E-state index is 13.1. The molecule has 1 aromatic heterocycles. The van der Waals surface area contributed by atoms with Gasteiger partial charge in [0.2, 0.25) is 0 Å². The van der Waals surface area contributed by atoms with Crippen molar-refractivity contribution < 1.29 is 4.39 Å². The number of nitriles is 1. The quantitative estimate of drug-likeness (QED) is 0.829. The monoisotopic (exact) mass is 241 g/mol. The summed E-state index contributed by atoms with van der Waals surface area (Å²) in [7, 11) is 1.83. The Balaban J connectivity index is 2.22. The molecule has 0 spiro atoms. The van der Waals surface area contributed by atoms with Gasteiger partial charge in [0.05, 0.1) is 5.56 Å².